The molecule has 0 radical (unpaired) electrons. The lowest BCUT2D eigenvalue weighted by molar-refractivity contribution is -0.193. The van der Waals surface area contributed by atoms with Crippen molar-refractivity contribution in [2.75, 3.05) is 89.3 Å². The number of rotatable bonds is 14. The second-order valence-electron chi connectivity index (χ2n) is 20.2. The molecule has 0 unspecified atom stereocenters. The number of aliphatic carboxylic acids is 2. The van der Waals surface area contributed by atoms with Gasteiger partial charge >= 0.3 is 24.3 Å². The first kappa shape index (κ1) is 67.3. The van der Waals surface area contributed by atoms with Gasteiger partial charge in [0, 0.05) is 101 Å². The van der Waals surface area contributed by atoms with Gasteiger partial charge in [0.05, 0.1) is 22.0 Å². The third kappa shape index (κ3) is 20.7. The number of nitriles is 2. The summed E-state index contributed by atoms with van der Waals surface area (Å²) in [6.07, 6.45) is -0.422. The Morgan fingerprint density at radius 1 is 0.593 bits per heavy atom. The second-order valence-corrected chi connectivity index (χ2v) is 21.9. The van der Waals surface area contributed by atoms with Crippen molar-refractivity contribution in [1.82, 2.24) is 39.5 Å². The summed E-state index contributed by atoms with van der Waals surface area (Å²) in [5.41, 5.74) is 3.88. The number of carbonyl (C=O) groups is 4. The molecule has 2 aromatic carbocycles. The van der Waals surface area contributed by atoms with Gasteiger partial charge in [0.2, 0.25) is 11.6 Å². The number of likely N-dealkylation sites (N-methyl/N-ethyl adjacent to an activating group) is 2. The Morgan fingerprint density at radius 2 is 0.901 bits per heavy atom. The quantitative estimate of drug-likeness (QED) is 0.0885. The highest BCUT2D eigenvalue weighted by atomic mass is 79.9. The van der Waals surface area contributed by atoms with E-state index >= 15 is 0 Å². The molecule has 4 fully saturated rings. The van der Waals surface area contributed by atoms with Crippen molar-refractivity contribution >= 4 is 67.0 Å². The molecule has 26 heteroatoms. The number of carbonyl (C=O) groups excluding carboxylic acids is 2. The molecule has 2 N–H and O–H groups in total. The van der Waals surface area contributed by atoms with Crippen molar-refractivity contribution < 1.29 is 55.7 Å². The number of benzene rings is 2. The highest BCUT2D eigenvalue weighted by molar-refractivity contribution is 9.11. The molecule has 2 saturated carbocycles. The fraction of sp³-hybridized carbons (Fsp3) is 0.527. The topological polar surface area (TPSA) is 227 Å². The average Bonchev–Trinajstić information content (AvgIpc) is 4.07. The Labute approximate surface area is 485 Å². The lowest BCUT2D eigenvalue weighted by Crippen LogP contribution is -2.43. The third-order valence-electron chi connectivity index (χ3n) is 14.3. The lowest BCUT2D eigenvalue weighted by atomic mass is 10.0. The number of carboxylic acid groups (broad SMARTS) is 2. The predicted molar refractivity (Wildman–Crippen MR) is 298 cm³/mol. The van der Waals surface area contributed by atoms with Crippen LogP contribution in [0.5, 0.6) is 0 Å². The number of alkyl halides is 6. The Hall–Kier alpha value is -6.16. The maximum atomic E-state index is 13.3. The molecule has 2 aromatic heterocycles. The van der Waals surface area contributed by atoms with Crippen molar-refractivity contribution in [3.05, 3.63) is 104 Å². The SMILES string of the molecule is C.C[C@@H]1CCC[C@H]1N(CC(=O)c1ccc(CN2CCN(C)CC2)cc1)c1nc(C#N)ncc1Br.C[C@H]1CCC[C@@H]1N(CC(=O)c1ccc(CN2CCN(C)CC2)cc1)c1nc(C#N)ncc1Br.O=C(O)C(F)(F)F.O=C(O)C(F)(F)F. The van der Waals surface area contributed by atoms with Crippen LogP contribution in [0.3, 0.4) is 0 Å². The van der Waals surface area contributed by atoms with Gasteiger partial charge in [0.15, 0.2) is 11.6 Å². The van der Waals surface area contributed by atoms with Gasteiger partial charge in [-0.15, -0.1) is 0 Å². The number of ketones is 2. The minimum atomic E-state index is -5.08. The van der Waals surface area contributed by atoms with Gasteiger partial charge in [-0.25, -0.2) is 29.5 Å². The summed E-state index contributed by atoms with van der Waals surface area (Å²) in [4.78, 5) is 75.2. The molecule has 440 valence electrons. The molecule has 0 bridgehead atoms. The van der Waals surface area contributed by atoms with E-state index in [1.165, 1.54) is 11.1 Å². The normalized spacial score (nSPS) is 19.6. The highest BCUT2D eigenvalue weighted by Gasteiger charge is 2.39. The highest BCUT2D eigenvalue weighted by Crippen LogP contribution is 2.37. The van der Waals surface area contributed by atoms with Gasteiger partial charge in [0.1, 0.15) is 23.8 Å². The fourth-order valence-electron chi connectivity index (χ4n) is 9.72. The van der Waals surface area contributed by atoms with E-state index in [0.717, 1.165) is 104 Å². The number of halogens is 8. The maximum Gasteiger partial charge on any atom is 0.490 e. The standard InChI is InChI=1S/2C25H31BrN6O.2C2HF3O2.CH4/c2*1-18-4-3-5-22(18)32(25-21(26)15-28-24(14-27)29-25)17-23(33)20-8-6-19(7-9-20)16-31-12-10-30(2)11-13-31;2*3-2(4,5)1(6)7;/h2*6-9,15,18,22H,3-5,10-13,16-17H2,1-2H3;2*(H,6,7);1H4/t2*18-,22-;;;/m10.../s1. The maximum absolute atomic E-state index is 13.3. The van der Waals surface area contributed by atoms with E-state index in [4.69, 9.17) is 19.8 Å². The minimum Gasteiger partial charge on any atom is -0.475 e. The van der Waals surface area contributed by atoms with Crippen LogP contribution in [0.4, 0.5) is 38.0 Å². The van der Waals surface area contributed by atoms with E-state index in [0.29, 0.717) is 43.5 Å². The average molecular weight is 1270 g/mol. The number of Topliss-reactive ketones (excluding diaryl/α,β-unsaturated/α-hetero) is 2. The molecular formula is C55H68Br2F6N12O6. The van der Waals surface area contributed by atoms with Crippen LogP contribution in [0.15, 0.2) is 69.9 Å². The number of piperazine rings is 2. The summed E-state index contributed by atoms with van der Waals surface area (Å²) in [6.45, 7) is 15.4. The molecule has 4 heterocycles. The molecule has 4 aromatic rings. The van der Waals surface area contributed by atoms with E-state index in [9.17, 15) is 46.5 Å². The molecule has 81 heavy (non-hydrogen) atoms. The largest absolute Gasteiger partial charge is 0.490 e. The van der Waals surface area contributed by atoms with Crippen molar-refractivity contribution in [1.29, 1.82) is 10.5 Å². The molecule has 0 spiro atoms. The first-order valence-corrected chi connectivity index (χ1v) is 27.4. The first-order chi connectivity index (χ1) is 37.8. The first-order valence-electron chi connectivity index (χ1n) is 25.8. The summed E-state index contributed by atoms with van der Waals surface area (Å²) in [7, 11) is 4.32. The zero-order valence-corrected chi connectivity index (χ0v) is 47.9. The van der Waals surface area contributed by atoms with Gasteiger partial charge < -0.3 is 29.8 Å². The van der Waals surface area contributed by atoms with E-state index in [1.807, 2.05) is 36.4 Å². The van der Waals surface area contributed by atoms with Crippen LogP contribution < -0.4 is 9.80 Å². The second kappa shape index (κ2) is 31.3. The van der Waals surface area contributed by atoms with E-state index in [-0.39, 0.29) is 55.8 Å². The summed E-state index contributed by atoms with van der Waals surface area (Å²) >= 11 is 7.08. The molecule has 4 aliphatic rings. The van der Waals surface area contributed by atoms with Gasteiger partial charge in [-0.3, -0.25) is 19.4 Å². The van der Waals surface area contributed by atoms with Crippen LogP contribution in [0.2, 0.25) is 0 Å². The van der Waals surface area contributed by atoms with E-state index in [1.54, 1.807) is 12.4 Å². The zero-order chi connectivity index (χ0) is 58.9. The van der Waals surface area contributed by atoms with Crippen molar-refractivity contribution in [2.45, 2.75) is 97.3 Å². The Kier molecular flexibility index (Phi) is 26.0. The van der Waals surface area contributed by atoms with Crippen LogP contribution >= 0.6 is 31.9 Å². The third-order valence-corrected chi connectivity index (χ3v) is 15.4. The van der Waals surface area contributed by atoms with Gasteiger partial charge in [0.25, 0.3) is 0 Å². The number of hydrogen-bond acceptors (Lipinski definition) is 16. The van der Waals surface area contributed by atoms with Crippen LogP contribution in [0.25, 0.3) is 0 Å². The summed E-state index contributed by atoms with van der Waals surface area (Å²) in [5, 5.41) is 32.8. The molecule has 4 atom stereocenters. The molecule has 2 saturated heterocycles. The van der Waals surface area contributed by atoms with Crippen LogP contribution in [-0.2, 0) is 22.7 Å². The predicted octanol–water partition coefficient (Wildman–Crippen LogP) is 9.37. The summed E-state index contributed by atoms with van der Waals surface area (Å²) in [6, 6.07) is 20.5. The van der Waals surface area contributed by atoms with Crippen LogP contribution in [0, 0.1) is 34.5 Å². The van der Waals surface area contributed by atoms with Crippen LogP contribution in [-0.4, -0.2) is 177 Å². The Balaban J connectivity index is 0.000000279. The van der Waals surface area contributed by atoms with Gasteiger partial charge in [-0.2, -0.15) is 36.9 Å². The zero-order valence-electron chi connectivity index (χ0n) is 44.7. The molecule has 2 aliphatic heterocycles. The number of carboxylic acids is 2. The Bertz CT molecular complexity index is 2620. The van der Waals surface area contributed by atoms with Crippen molar-refractivity contribution in [2.24, 2.45) is 11.8 Å². The van der Waals surface area contributed by atoms with Gasteiger partial charge in [-0.1, -0.05) is 82.6 Å². The van der Waals surface area contributed by atoms with E-state index in [2.05, 4.69) is 133 Å². The molecular weight excluding hydrogens is 1200 g/mol. The lowest BCUT2D eigenvalue weighted by Gasteiger charge is -2.33. The molecule has 8 rings (SSSR count). The van der Waals surface area contributed by atoms with Crippen molar-refractivity contribution in [3.8, 4) is 12.1 Å². The molecule has 2 aliphatic carbocycles. The number of aromatic nitrogens is 4. The summed E-state index contributed by atoms with van der Waals surface area (Å²) < 4.78 is 64.9. The van der Waals surface area contributed by atoms with Crippen molar-refractivity contribution in [3.63, 3.8) is 0 Å². The number of hydrogen-bond donors (Lipinski definition) is 2. The molecule has 0 amide bonds. The van der Waals surface area contributed by atoms with E-state index < -0.39 is 24.3 Å². The van der Waals surface area contributed by atoms with Gasteiger partial charge in [-0.05, 0) is 94.6 Å². The monoisotopic (exact) mass is 1260 g/mol. The van der Waals surface area contributed by atoms with Crippen LogP contribution in [0.1, 0.15) is 103 Å². The molecule has 18 nitrogen and oxygen atoms in total. The smallest absolute Gasteiger partial charge is 0.475 e. The summed E-state index contributed by atoms with van der Waals surface area (Å²) in [5.74, 6) is -3.00. The minimum absolute atomic E-state index is 0. The number of anilines is 2. The number of nitrogens with zero attached hydrogens (tertiary/aromatic N) is 12. The Morgan fingerprint density at radius 3 is 1.16 bits per heavy atom. The fourth-order valence-corrected chi connectivity index (χ4v) is 10.6.